The first kappa shape index (κ1) is 15.1. The molecule has 126 valence electrons. The van der Waals surface area contributed by atoms with Crippen molar-refractivity contribution in [1.29, 1.82) is 0 Å². The topological polar surface area (TPSA) is 95.9 Å². The van der Waals surface area contributed by atoms with Crippen LogP contribution in [0.3, 0.4) is 0 Å². The van der Waals surface area contributed by atoms with Gasteiger partial charge in [0.05, 0.1) is 17.3 Å². The van der Waals surface area contributed by atoms with Gasteiger partial charge in [0.1, 0.15) is 5.75 Å². The number of ether oxygens (including phenoxy) is 1. The maximum atomic E-state index is 12.2. The highest BCUT2D eigenvalue weighted by Gasteiger charge is 2.57. The number of carboxylic acid groups (broad SMARTS) is 2. The molecule has 1 aliphatic heterocycles. The molecule has 0 radical (unpaired) electrons. The van der Waals surface area contributed by atoms with Crippen molar-refractivity contribution >= 4 is 17.6 Å². The monoisotopic (exact) mass is 329 g/mol. The van der Waals surface area contributed by atoms with Crippen molar-refractivity contribution in [1.82, 2.24) is 0 Å². The predicted molar refractivity (Wildman–Crippen MR) is 85.8 cm³/mol. The molecule has 0 aromatic heterocycles. The van der Waals surface area contributed by atoms with Gasteiger partial charge in [-0.25, -0.2) is 4.79 Å². The third-order valence-electron chi connectivity index (χ3n) is 5.47. The van der Waals surface area contributed by atoms with E-state index in [0.717, 1.165) is 36.9 Å². The van der Waals surface area contributed by atoms with Crippen molar-refractivity contribution in [3.05, 3.63) is 35.5 Å². The minimum absolute atomic E-state index is 0.0531. The molecule has 3 aliphatic rings. The van der Waals surface area contributed by atoms with Crippen LogP contribution in [0.1, 0.15) is 32.1 Å². The van der Waals surface area contributed by atoms with Crippen molar-refractivity contribution in [2.75, 3.05) is 5.32 Å². The number of benzene rings is 1. The number of rotatable bonds is 2. The van der Waals surface area contributed by atoms with Gasteiger partial charge in [0.2, 0.25) is 5.60 Å². The molecule has 3 unspecified atom stereocenters. The highest BCUT2D eigenvalue weighted by atomic mass is 16.5. The van der Waals surface area contributed by atoms with E-state index >= 15 is 0 Å². The molecule has 0 bridgehead atoms. The van der Waals surface area contributed by atoms with Gasteiger partial charge in [-0.2, -0.15) is 0 Å². The summed E-state index contributed by atoms with van der Waals surface area (Å²) in [6, 6.07) is 7.18. The van der Waals surface area contributed by atoms with Crippen molar-refractivity contribution in [3.63, 3.8) is 0 Å². The molecule has 2 aliphatic carbocycles. The van der Waals surface area contributed by atoms with E-state index in [1.165, 1.54) is 0 Å². The summed E-state index contributed by atoms with van der Waals surface area (Å²) in [5.74, 6) is -2.47. The lowest BCUT2D eigenvalue weighted by molar-refractivity contribution is -0.158. The molecule has 1 fully saturated rings. The van der Waals surface area contributed by atoms with Gasteiger partial charge in [-0.3, -0.25) is 4.79 Å². The first-order chi connectivity index (χ1) is 11.5. The lowest BCUT2D eigenvalue weighted by atomic mass is 9.65. The van der Waals surface area contributed by atoms with Gasteiger partial charge in [0, 0.05) is 6.42 Å². The molecule has 0 spiro atoms. The molecule has 1 aromatic rings. The number of aliphatic carboxylic acids is 2. The quantitative estimate of drug-likeness (QED) is 0.772. The van der Waals surface area contributed by atoms with E-state index in [2.05, 4.69) is 5.32 Å². The highest BCUT2D eigenvalue weighted by Crippen LogP contribution is 2.52. The summed E-state index contributed by atoms with van der Waals surface area (Å²) in [5.41, 5.74) is 0.559. The van der Waals surface area contributed by atoms with E-state index in [1.807, 2.05) is 12.1 Å². The van der Waals surface area contributed by atoms with Gasteiger partial charge in [0.25, 0.3) is 0 Å². The Labute approximate surface area is 139 Å². The number of hydrogen-bond donors (Lipinski definition) is 3. The second-order valence-corrected chi connectivity index (χ2v) is 6.76. The number of fused-ring (bicyclic) bond motifs is 3. The summed E-state index contributed by atoms with van der Waals surface area (Å²) in [6.45, 7) is 0. The third-order valence-corrected chi connectivity index (χ3v) is 5.47. The summed E-state index contributed by atoms with van der Waals surface area (Å²) < 4.78 is 5.93. The van der Waals surface area contributed by atoms with E-state index in [-0.39, 0.29) is 12.3 Å². The molecule has 3 atom stereocenters. The fourth-order valence-electron chi connectivity index (χ4n) is 4.36. The average molecular weight is 329 g/mol. The van der Waals surface area contributed by atoms with E-state index in [4.69, 9.17) is 4.74 Å². The van der Waals surface area contributed by atoms with Crippen LogP contribution in [-0.2, 0) is 9.59 Å². The number of nitrogens with one attached hydrogen (secondary N) is 1. The van der Waals surface area contributed by atoms with E-state index < -0.39 is 23.5 Å². The Morgan fingerprint density at radius 3 is 2.75 bits per heavy atom. The molecule has 6 nitrogen and oxygen atoms in total. The van der Waals surface area contributed by atoms with E-state index in [1.54, 1.807) is 12.1 Å². The van der Waals surface area contributed by atoms with E-state index in [0.29, 0.717) is 11.4 Å². The maximum Gasteiger partial charge on any atom is 0.354 e. The molecule has 3 N–H and O–H groups in total. The summed E-state index contributed by atoms with van der Waals surface area (Å²) in [7, 11) is 0. The lowest BCUT2D eigenvalue weighted by Crippen LogP contribution is -2.57. The number of hydrogen-bond acceptors (Lipinski definition) is 4. The molecule has 0 saturated heterocycles. The Balaban J connectivity index is 1.92. The highest BCUT2D eigenvalue weighted by molar-refractivity contribution is 5.88. The zero-order valence-electron chi connectivity index (χ0n) is 13.1. The number of carboxylic acids is 2. The van der Waals surface area contributed by atoms with Crippen LogP contribution in [0, 0.1) is 11.8 Å². The Kier molecular flexibility index (Phi) is 3.30. The van der Waals surface area contributed by atoms with Crippen LogP contribution in [0.15, 0.2) is 35.5 Å². The van der Waals surface area contributed by atoms with Crippen molar-refractivity contribution in [3.8, 4) is 5.75 Å². The summed E-state index contributed by atoms with van der Waals surface area (Å²) in [5, 5.41) is 22.9. The first-order valence-electron chi connectivity index (χ1n) is 8.28. The largest absolute Gasteiger partial charge is 0.481 e. The normalized spacial score (nSPS) is 31.0. The Morgan fingerprint density at radius 2 is 2.00 bits per heavy atom. The Morgan fingerprint density at radius 1 is 1.21 bits per heavy atom. The SMILES string of the molecule is O=C(O)C1CC2(C(=O)O)Oc3ccccc3NC2=C2CCCCC21. The number of anilines is 1. The van der Waals surface area contributed by atoms with Gasteiger partial charge in [0.15, 0.2) is 0 Å². The van der Waals surface area contributed by atoms with Crippen LogP contribution in [-0.4, -0.2) is 27.8 Å². The zero-order valence-corrected chi connectivity index (χ0v) is 13.1. The van der Waals surface area contributed by atoms with Crippen LogP contribution in [0.2, 0.25) is 0 Å². The molecule has 4 rings (SSSR count). The van der Waals surface area contributed by atoms with E-state index in [9.17, 15) is 19.8 Å². The van der Waals surface area contributed by atoms with Crippen molar-refractivity contribution < 1.29 is 24.5 Å². The molecule has 1 saturated carbocycles. The van der Waals surface area contributed by atoms with Crippen LogP contribution in [0.4, 0.5) is 5.69 Å². The van der Waals surface area contributed by atoms with Gasteiger partial charge >= 0.3 is 11.9 Å². The second kappa shape index (κ2) is 5.26. The van der Waals surface area contributed by atoms with Crippen LogP contribution in [0.5, 0.6) is 5.75 Å². The molecular formula is C18H19NO5. The Hall–Kier alpha value is -2.50. The molecule has 6 heteroatoms. The predicted octanol–water partition coefficient (Wildman–Crippen LogP) is 2.86. The minimum atomic E-state index is -1.64. The molecule has 1 aromatic carbocycles. The fourth-order valence-corrected chi connectivity index (χ4v) is 4.36. The molecule has 1 heterocycles. The van der Waals surface area contributed by atoms with Crippen LogP contribution in [0.25, 0.3) is 0 Å². The molecule has 24 heavy (non-hydrogen) atoms. The van der Waals surface area contributed by atoms with Crippen molar-refractivity contribution in [2.45, 2.75) is 37.7 Å². The summed E-state index contributed by atoms with van der Waals surface area (Å²) >= 11 is 0. The Bertz CT molecular complexity index is 756. The van der Waals surface area contributed by atoms with Crippen LogP contribution < -0.4 is 10.1 Å². The standard InChI is InChI=1S/C18H19NO5/c20-16(21)12-9-18(17(22)23)15(11-6-2-1-5-10(11)12)19-13-7-3-4-8-14(13)24-18/h3-4,7-8,10,12,19H,1-2,5-6,9H2,(H,20,21)(H,22,23). The van der Waals surface area contributed by atoms with Gasteiger partial charge in [-0.15, -0.1) is 0 Å². The van der Waals surface area contributed by atoms with Gasteiger partial charge in [-0.1, -0.05) is 18.6 Å². The summed E-state index contributed by atoms with van der Waals surface area (Å²) in [6.07, 6.45) is 3.37. The van der Waals surface area contributed by atoms with Gasteiger partial charge in [-0.05, 0) is 42.9 Å². The maximum absolute atomic E-state index is 12.2. The number of allylic oxidation sites excluding steroid dienone is 1. The summed E-state index contributed by atoms with van der Waals surface area (Å²) in [4.78, 5) is 24.0. The molecular weight excluding hydrogens is 310 g/mol. The zero-order chi connectivity index (χ0) is 16.9. The van der Waals surface area contributed by atoms with Gasteiger partial charge < -0.3 is 20.3 Å². The molecule has 0 amide bonds. The minimum Gasteiger partial charge on any atom is -0.481 e. The fraction of sp³-hybridized carbons (Fsp3) is 0.444. The third kappa shape index (κ3) is 2.02. The van der Waals surface area contributed by atoms with Crippen molar-refractivity contribution in [2.24, 2.45) is 11.8 Å². The van der Waals surface area contributed by atoms with Crippen LogP contribution >= 0.6 is 0 Å². The smallest absolute Gasteiger partial charge is 0.354 e. The first-order valence-corrected chi connectivity index (χ1v) is 8.28. The second-order valence-electron chi connectivity index (χ2n) is 6.76. The number of para-hydroxylation sites is 2. The average Bonchev–Trinajstić information content (AvgIpc) is 2.59. The lowest BCUT2D eigenvalue weighted by Gasteiger charge is -2.47. The number of carbonyl (C=O) groups is 2.